The van der Waals surface area contributed by atoms with E-state index in [0.29, 0.717) is 5.69 Å². The predicted molar refractivity (Wildman–Crippen MR) is 154 cm³/mol. The van der Waals surface area contributed by atoms with Gasteiger partial charge in [-0.3, -0.25) is 4.79 Å². The SMILES string of the molecule is CC(=O)c1cc2cc(Br)ccc2[nH]1.CCNC.Cl.FC1(F)CNC1.O=C(O)c1cc2ccc(Br)cc2[nH]1. The third kappa shape index (κ3) is 10.5. The maximum Gasteiger partial charge on any atom is 0.352 e. The summed E-state index contributed by atoms with van der Waals surface area (Å²) >= 11 is 6.69. The fourth-order valence-electron chi connectivity index (χ4n) is 2.82. The van der Waals surface area contributed by atoms with Gasteiger partial charge in [-0.15, -0.1) is 12.4 Å². The zero-order valence-electron chi connectivity index (χ0n) is 20.4. The number of aromatic carboxylic acids is 1. The second-order valence-corrected chi connectivity index (χ2v) is 9.69. The number of carbonyl (C=O) groups excluding carboxylic acids is 1. The second-order valence-electron chi connectivity index (χ2n) is 7.86. The van der Waals surface area contributed by atoms with Gasteiger partial charge in [0.05, 0.1) is 18.8 Å². The summed E-state index contributed by atoms with van der Waals surface area (Å²) in [6, 6.07) is 14.9. The van der Waals surface area contributed by atoms with Gasteiger partial charge >= 0.3 is 5.97 Å². The zero-order chi connectivity index (χ0) is 26.9. The van der Waals surface area contributed by atoms with E-state index in [9.17, 15) is 18.4 Å². The fraction of sp³-hybridized carbons (Fsp3) is 0.280. The molecule has 0 saturated carbocycles. The number of Topliss-reactive ketones (excluding diaryl/α,β-unsaturated/α-hetero) is 1. The molecule has 0 radical (unpaired) electrons. The number of ketones is 1. The smallest absolute Gasteiger partial charge is 0.352 e. The Morgan fingerprint density at radius 3 is 1.95 bits per heavy atom. The van der Waals surface area contributed by atoms with Crippen LogP contribution in [0.2, 0.25) is 0 Å². The molecule has 1 aliphatic rings. The number of alkyl halides is 2. The molecule has 1 saturated heterocycles. The molecule has 4 aromatic rings. The van der Waals surface area contributed by atoms with E-state index in [-0.39, 0.29) is 37.0 Å². The topological polar surface area (TPSA) is 110 Å². The lowest BCUT2D eigenvalue weighted by molar-refractivity contribution is -0.0475. The molecule has 0 spiro atoms. The van der Waals surface area contributed by atoms with E-state index in [4.69, 9.17) is 5.11 Å². The number of nitrogens with one attached hydrogen (secondary N) is 4. The molecule has 37 heavy (non-hydrogen) atoms. The lowest BCUT2D eigenvalue weighted by Crippen LogP contribution is -2.52. The molecule has 12 heteroatoms. The Hall–Kier alpha value is -2.31. The highest BCUT2D eigenvalue weighted by Crippen LogP contribution is 2.21. The van der Waals surface area contributed by atoms with Crippen LogP contribution in [-0.2, 0) is 0 Å². The van der Waals surface area contributed by atoms with Gasteiger partial charge in [-0.05, 0) is 56.1 Å². The molecule has 1 aliphatic heterocycles. The van der Waals surface area contributed by atoms with Crippen LogP contribution in [0.5, 0.6) is 0 Å². The van der Waals surface area contributed by atoms with E-state index in [0.717, 1.165) is 37.3 Å². The average molecular weight is 667 g/mol. The van der Waals surface area contributed by atoms with Gasteiger partial charge in [0.1, 0.15) is 5.69 Å². The number of H-pyrrole nitrogens is 2. The molecule has 2 aromatic heterocycles. The van der Waals surface area contributed by atoms with Gasteiger partial charge in [-0.2, -0.15) is 0 Å². The summed E-state index contributed by atoms with van der Waals surface area (Å²) in [6.45, 7) is 4.43. The lowest BCUT2D eigenvalue weighted by Gasteiger charge is -2.25. The van der Waals surface area contributed by atoms with Crippen LogP contribution in [0.25, 0.3) is 21.8 Å². The Bertz CT molecular complexity index is 1230. The molecule has 2 aromatic carbocycles. The largest absolute Gasteiger partial charge is 0.477 e. The Morgan fingerprint density at radius 1 is 0.946 bits per heavy atom. The molecule has 0 aliphatic carbocycles. The highest BCUT2D eigenvalue weighted by Gasteiger charge is 2.36. The van der Waals surface area contributed by atoms with Gasteiger partial charge in [0.25, 0.3) is 5.92 Å². The summed E-state index contributed by atoms with van der Waals surface area (Å²) in [5.41, 5.74) is 2.70. The van der Waals surface area contributed by atoms with Crippen LogP contribution in [0.15, 0.2) is 57.5 Å². The summed E-state index contributed by atoms with van der Waals surface area (Å²) in [6.07, 6.45) is 0. The molecule has 0 bridgehead atoms. The van der Waals surface area contributed by atoms with E-state index in [1.54, 1.807) is 13.0 Å². The van der Waals surface area contributed by atoms with Crippen LogP contribution >= 0.6 is 44.3 Å². The maximum atomic E-state index is 11.5. The van der Waals surface area contributed by atoms with Gasteiger partial charge < -0.3 is 25.7 Å². The number of carbonyl (C=O) groups is 2. The van der Waals surface area contributed by atoms with E-state index >= 15 is 0 Å². The van der Waals surface area contributed by atoms with E-state index in [1.165, 1.54) is 0 Å². The first-order valence-electron chi connectivity index (χ1n) is 11.0. The summed E-state index contributed by atoms with van der Waals surface area (Å²) in [7, 11) is 1.93. The second kappa shape index (κ2) is 15.2. The average Bonchev–Trinajstić information content (AvgIpc) is 3.43. The molecule has 0 unspecified atom stereocenters. The van der Waals surface area contributed by atoms with Crippen molar-refractivity contribution >= 4 is 77.8 Å². The minimum absolute atomic E-state index is 0. The maximum absolute atomic E-state index is 11.5. The number of benzene rings is 2. The van der Waals surface area contributed by atoms with Crippen LogP contribution in [0, 0.1) is 0 Å². The van der Waals surface area contributed by atoms with Crippen molar-refractivity contribution in [1.82, 2.24) is 20.6 Å². The van der Waals surface area contributed by atoms with Gasteiger partial charge in [0.15, 0.2) is 5.78 Å². The Labute approximate surface area is 236 Å². The number of aromatic amines is 2. The van der Waals surface area contributed by atoms with E-state index in [1.807, 2.05) is 49.5 Å². The van der Waals surface area contributed by atoms with Gasteiger partial charge in [0.2, 0.25) is 0 Å². The first kappa shape index (κ1) is 32.7. The van der Waals surface area contributed by atoms with Crippen molar-refractivity contribution in [3.8, 4) is 0 Å². The third-order valence-corrected chi connectivity index (χ3v) is 5.88. The quantitative estimate of drug-likeness (QED) is 0.158. The first-order valence-corrected chi connectivity index (χ1v) is 12.6. The monoisotopic (exact) mass is 664 g/mol. The van der Waals surface area contributed by atoms with Crippen molar-refractivity contribution in [1.29, 1.82) is 0 Å². The third-order valence-electron chi connectivity index (χ3n) is 4.90. The molecule has 0 amide bonds. The van der Waals surface area contributed by atoms with Gasteiger partial charge in [0, 0.05) is 37.7 Å². The van der Waals surface area contributed by atoms with Crippen LogP contribution in [0.1, 0.15) is 34.8 Å². The van der Waals surface area contributed by atoms with Gasteiger partial charge in [-0.25, -0.2) is 13.6 Å². The highest BCUT2D eigenvalue weighted by molar-refractivity contribution is 9.10. The summed E-state index contributed by atoms with van der Waals surface area (Å²) in [5, 5.41) is 16.1. The normalized spacial score (nSPS) is 12.9. The van der Waals surface area contributed by atoms with Crippen LogP contribution in [-0.4, -0.2) is 59.4 Å². The predicted octanol–water partition coefficient (Wildman–Crippen LogP) is 6.63. The fourth-order valence-corrected chi connectivity index (χ4v) is 3.56. The Morgan fingerprint density at radius 2 is 1.46 bits per heavy atom. The van der Waals surface area contributed by atoms with Crippen molar-refractivity contribution < 1.29 is 23.5 Å². The molecular weight excluding hydrogens is 638 g/mol. The minimum Gasteiger partial charge on any atom is -0.477 e. The number of hydrogen-bond acceptors (Lipinski definition) is 4. The van der Waals surface area contributed by atoms with Crippen molar-refractivity contribution in [2.75, 3.05) is 26.7 Å². The minimum atomic E-state index is -2.39. The van der Waals surface area contributed by atoms with Gasteiger partial charge in [-0.1, -0.05) is 44.8 Å². The summed E-state index contributed by atoms with van der Waals surface area (Å²) in [5.74, 6) is -3.26. The standard InChI is InChI=1S/C10H8BrNO.C9H6BrNO2.C3H5F2N.C3H9N.ClH/c1-6(13)10-5-7-4-8(11)2-3-9(7)12-10;10-6-2-1-5-3-8(9(12)13)11-7(5)4-6;4-3(5)1-6-2-3;1-3-4-2;/h2-5,12H,1H3;1-4,11H,(H,12,13);6H,1-2H2;4H,3H2,1-2H3;1H. The molecule has 5 rings (SSSR count). The molecule has 7 nitrogen and oxygen atoms in total. The molecular formula is C25H29Br2ClF2N4O3. The summed E-state index contributed by atoms with van der Waals surface area (Å²) in [4.78, 5) is 27.5. The van der Waals surface area contributed by atoms with Crippen LogP contribution < -0.4 is 10.6 Å². The number of aromatic nitrogens is 2. The molecule has 0 atom stereocenters. The van der Waals surface area contributed by atoms with Crippen molar-refractivity contribution in [3.05, 3.63) is 68.9 Å². The number of rotatable bonds is 3. The molecule has 5 N–H and O–H groups in total. The molecule has 1 fully saturated rings. The van der Waals surface area contributed by atoms with Crippen LogP contribution in [0.4, 0.5) is 8.78 Å². The van der Waals surface area contributed by atoms with Crippen LogP contribution in [0.3, 0.4) is 0 Å². The first-order chi connectivity index (χ1) is 17.0. The summed E-state index contributed by atoms with van der Waals surface area (Å²) < 4.78 is 24.9. The van der Waals surface area contributed by atoms with Crippen molar-refractivity contribution in [2.45, 2.75) is 19.8 Å². The number of hydrogen-bond donors (Lipinski definition) is 5. The zero-order valence-corrected chi connectivity index (χ0v) is 24.4. The number of carboxylic acid groups (broad SMARTS) is 1. The number of halogens is 5. The molecule has 3 heterocycles. The Kier molecular flexibility index (Phi) is 13.4. The lowest BCUT2D eigenvalue weighted by atomic mass is 10.2. The van der Waals surface area contributed by atoms with Crippen molar-refractivity contribution in [3.63, 3.8) is 0 Å². The number of carboxylic acids is 1. The van der Waals surface area contributed by atoms with Crippen molar-refractivity contribution in [2.24, 2.45) is 0 Å². The molecule has 202 valence electrons. The van der Waals surface area contributed by atoms with E-state index in [2.05, 4.69) is 59.4 Å². The Balaban J connectivity index is 0.000000268. The van der Waals surface area contributed by atoms with E-state index < -0.39 is 11.9 Å². The highest BCUT2D eigenvalue weighted by atomic mass is 79.9. The number of fused-ring (bicyclic) bond motifs is 2.